The average Bonchev–Trinajstić information content (AvgIpc) is 3.09. The molecule has 0 radical (unpaired) electrons. The van der Waals surface area contributed by atoms with Crippen LogP contribution in [0.3, 0.4) is 0 Å². The van der Waals surface area contributed by atoms with Gasteiger partial charge in [0.25, 0.3) is 5.91 Å². The summed E-state index contributed by atoms with van der Waals surface area (Å²) in [5.41, 5.74) is 5.78. The molecule has 7 heteroatoms. The van der Waals surface area contributed by atoms with E-state index >= 15 is 0 Å². The molecule has 0 fully saturated rings. The van der Waals surface area contributed by atoms with E-state index in [1.165, 1.54) is 0 Å². The second-order valence-electron chi connectivity index (χ2n) is 6.85. The Morgan fingerprint density at radius 3 is 2.59 bits per heavy atom. The monoisotopic (exact) mass is 429 g/mol. The van der Waals surface area contributed by atoms with Gasteiger partial charge in [-0.1, -0.05) is 12.1 Å². The van der Waals surface area contributed by atoms with Crippen LogP contribution in [0, 0.1) is 20.8 Å². The number of benzene rings is 1. The van der Waals surface area contributed by atoms with Gasteiger partial charge in [0.1, 0.15) is 0 Å². The summed E-state index contributed by atoms with van der Waals surface area (Å²) >= 11 is 3.55. The van der Waals surface area contributed by atoms with E-state index < -0.39 is 0 Å². The van der Waals surface area contributed by atoms with E-state index in [0.717, 1.165) is 32.7 Å². The number of nitrogens with one attached hydrogen (secondary N) is 1. The minimum Gasteiger partial charge on any atom is -0.345 e. The fraction of sp³-hybridized carbons (Fsp3) is 0.350. The summed E-state index contributed by atoms with van der Waals surface area (Å²) in [6.45, 7) is 8.59. The van der Waals surface area contributed by atoms with Gasteiger partial charge in [0.2, 0.25) is 0 Å². The van der Waals surface area contributed by atoms with Crippen LogP contribution in [0.1, 0.15) is 51.5 Å². The molecule has 27 heavy (non-hydrogen) atoms. The molecule has 3 aromatic rings. The van der Waals surface area contributed by atoms with Gasteiger partial charge in [-0.05, 0) is 61.3 Å². The van der Waals surface area contributed by atoms with Crippen molar-refractivity contribution >= 4 is 21.8 Å². The van der Waals surface area contributed by atoms with Gasteiger partial charge in [0.05, 0.1) is 34.6 Å². The van der Waals surface area contributed by atoms with Crippen LogP contribution in [-0.4, -0.2) is 25.5 Å². The number of hydrogen-bond acceptors (Lipinski definition) is 3. The Hall–Kier alpha value is -2.41. The van der Waals surface area contributed by atoms with Crippen molar-refractivity contribution < 1.29 is 4.79 Å². The highest BCUT2D eigenvalue weighted by atomic mass is 79.9. The molecule has 1 atom stereocenters. The maximum Gasteiger partial charge on any atom is 0.251 e. The summed E-state index contributed by atoms with van der Waals surface area (Å²) in [6.07, 6.45) is 1.80. The Morgan fingerprint density at radius 1 is 1.26 bits per heavy atom. The van der Waals surface area contributed by atoms with Gasteiger partial charge in [-0.15, -0.1) is 0 Å². The fourth-order valence-corrected chi connectivity index (χ4v) is 3.40. The second-order valence-corrected chi connectivity index (χ2v) is 7.64. The highest BCUT2D eigenvalue weighted by Crippen LogP contribution is 2.21. The van der Waals surface area contributed by atoms with E-state index in [1.807, 2.05) is 68.4 Å². The molecule has 0 saturated heterocycles. The number of carbonyl (C=O) groups excluding carboxylic acids is 1. The van der Waals surface area contributed by atoms with Crippen LogP contribution in [0.15, 0.2) is 34.9 Å². The minimum absolute atomic E-state index is 0.0952. The Balaban J connectivity index is 1.75. The van der Waals surface area contributed by atoms with Crippen molar-refractivity contribution in [3.63, 3.8) is 0 Å². The van der Waals surface area contributed by atoms with Crippen LogP contribution in [0.2, 0.25) is 0 Å². The molecule has 1 aromatic carbocycles. The standard InChI is InChI=1S/C20H24BrN5O/c1-12(18-10-22-25(5)14(18)3)23-20(27)17-8-6-7-16(9-17)11-26-15(4)19(21)13(2)24-26/h6-10,12H,11H2,1-5H3,(H,23,27). The number of amides is 1. The summed E-state index contributed by atoms with van der Waals surface area (Å²) in [4.78, 5) is 12.7. The first kappa shape index (κ1) is 19.4. The first-order valence-electron chi connectivity index (χ1n) is 8.85. The highest BCUT2D eigenvalue weighted by Gasteiger charge is 2.16. The molecular formula is C20H24BrN5O. The van der Waals surface area contributed by atoms with Gasteiger partial charge in [-0.3, -0.25) is 14.2 Å². The maximum absolute atomic E-state index is 12.7. The number of carbonyl (C=O) groups is 1. The fourth-order valence-electron chi connectivity index (χ4n) is 3.11. The van der Waals surface area contributed by atoms with E-state index in [-0.39, 0.29) is 11.9 Å². The molecule has 2 aromatic heterocycles. The lowest BCUT2D eigenvalue weighted by Gasteiger charge is -2.14. The van der Waals surface area contributed by atoms with Crippen molar-refractivity contribution in [1.82, 2.24) is 24.9 Å². The SMILES string of the molecule is Cc1nn(Cc2cccc(C(=O)NC(C)c3cnn(C)c3C)c2)c(C)c1Br. The first-order valence-corrected chi connectivity index (χ1v) is 9.65. The van der Waals surface area contributed by atoms with Crippen molar-refractivity contribution in [2.24, 2.45) is 7.05 Å². The van der Waals surface area contributed by atoms with Gasteiger partial charge in [-0.2, -0.15) is 10.2 Å². The Labute approximate surface area is 167 Å². The lowest BCUT2D eigenvalue weighted by molar-refractivity contribution is 0.0939. The second kappa shape index (κ2) is 7.68. The summed E-state index contributed by atoms with van der Waals surface area (Å²) in [7, 11) is 1.90. The Kier molecular flexibility index (Phi) is 5.51. The van der Waals surface area contributed by atoms with Crippen molar-refractivity contribution in [3.8, 4) is 0 Å². The van der Waals surface area contributed by atoms with E-state index in [4.69, 9.17) is 0 Å². The number of nitrogens with zero attached hydrogens (tertiary/aromatic N) is 4. The number of aryl methyl sites for hydroxylation is 2. The molecule has 2 heterocycles. The number of rotatable bonds is 5. The topological polar surface area (TPSA) is 64.7 Å². The molecule has 0 aliphatic heterocycles. The minimum atomic E-state index is -0.109. The van der Waals surface area contributed by atoms with E-state index in [1.54, 1.807) is 6.20 Å². The summed E-state index contributed by atoms with van der Waals surface area (Å²) in [5.74, 6) is -0.0952. The van der Waals surface area contributed by atoms with Gasteiger partial charge in [0, 0.05) is 23.9 Å². The van der Waals surface area contributed by atoms with E-state index in [9.17, 15) is 4.79 Å². The number of hydrogen-bond donors (Lipinski definition) is 1. The zero-order chi connectivity index (χ0) is 19.7. The van der Waals surface area contributed by atoms with Crippen LogP contribution in [0.4, 0.5) is 0 Å². The van der Waals surface area contributed by atoms with Crippen molar-refractivity contribution in [2.75, 3.05) is 0 Å². The summed E-state index contributed by atoms with van der Waals surface area (Å²) < 4.78 is 4.78. The Morgan fingerprint density at radius 2 is 2.00 bits per heavy atom. The third-order valence-electron chi connectivity index (χ3n) is 4.90. The van der Waals surface area contributed by atoms with E-state index in [0.29, 0.717) is 12.1 Å². The van der Waals surface area contributed by atoms with Crippen LogP contribution in [-0.2, 0) is 13.6 Å². The largest absolute Gasteiger partial charge is 0.345 e. The van der Waals surface area contributed by atoms with Gasteiger partial charge < -0.3 is 5.32 Å². The lowest BCUT2D eigenvalue weighted by atomic mass is 10.1. The predicted molar refractivity (Wildman–Crippen MR) is 109 cm³/mol. The molecule has 0 spiro atoms. The van der Waals surface area contributed by atoms with Crippen LogP contribution >= 0.6 is 15.9 Å². The van der Waals surface area contributed by atoms with Crippen LogP contribution in [0.5, 0.6) is 0 Å². The molecule has 0 bridgehead atoms. The molecule has 142 valence electrons. The number of halogens is 1. The molecule has 0 aliphatic rings. The zero-order valence-electron chi connectivity index (χ0n) is 16.2. The molecule has 6 nitrogen and oxygen atoms in total. The quantitative estimate of drug-likeness (QED) is 0.669. The molecule has 1 unspecified atom stereocenters. The summed E-state index contributed by atoms with van der Waals surface area (Å²) in [6, 6.07) is 7.56. The van der Waals surface area contributed by atoms with Gasteiger partial charge in [0.15, 0.2) is 0 Å². The Bertz CT molecular complexity index is 988. The molecule has 1 amide bonds. The molecule has 1 N–H and O–H groups in total. The normalized spacial score (nSPS) is 12.2. The lowest BCUT2D eigenvalue weighted by Crippen LogP contribution is -2.27. The molecule has 0 aliphatic carbocycles. The highest BCUT2D eigenvalue weighted by molar-refractivity contribution is 9.10. The third-order valence-corrected chi connectivity index (χ3v) is 6.05. The molecular weight excluding hydrogens is 406 g/mol. The van der Waals surface area contributed by atoms with Crippen LogP contribution < -0.4 is 5.32 Å². The zero-order valence-corrected chi connectivity index (χ0v) is 17.8. The van der Waals surface area contributed by atoms with Crippen molar-refractivity contribution in [1.29, 1.82) is 0 Å². The van der Waals surface area contributed by atoms with Crippen molar-refractivity contribution in [3.05, 3.63) is 68.7 Å². The molecule has 0 saturated carbocycles. The summed E-state index contributed by atoms with van der Waals surface area (Å²) in [5, 5.41) is 11.8. The number of aromatic nitrogens is 4. The van der Waals surface area contributed by atoms with Crippen LogP contribution in [0.25, 0.3) is 0 Å². The van der Waals surface area contributed by atoms with E-state index in [2.05, 4.69) is 31.4 Å². The predicted octanol–water partition coefficient (Wildman–Crippen LogP) is 3.84. The third kappa shape index (κ3) is 3.98. The maximum atomic E-state index is 12.7. The van der Waals surface area contributed by atoms with Gasteiger partial charge in [-0.25, -0.2) is 0 Å². The smallest absolute Gasteiger partial charge is 0.251 e. The first-order chi connectivity index (χ1) is 12.8. The average molecular weight is 430 g/mol. The molecule has 3 rings (SSSR count). The van der Waals surface area contributed by atoms with Crippen molar-refractivity contribution in [2.45, 2.75) is 40.3 Å². The van der Waals surface area contributed by atoms with Gasteiger partial charge >= 0.3 is 0 Å².